The Morgan fingerprint density at radius 3 is 2.71 bits per heavy atom. The molecule has 14 heavy (non-hydrogen) atoms. The number of aliphatic hydroxyl groups is 1. The maximum atomic E-state index is 10.3. The first kappa shape index (κ1) is 9.78. The lowest BCUT2D eigenvalue weighted by Gasteiger charge is -2.24. The van der Waals surface area contributed by atoms with Gasteiger partial charge in [0, 0.05) is 6.42 Å². The third-order valence-corrected chi connectivity index (χ3v) is 3.38. The Bertz CT molecular complexity index is 309. The van der Waals surface area contributed by atoms with Crippen molar-refractivity contribution in [3.05, 3.63) is 24.2 Å². The number of hydrogen-bond donors (Lipinski definition) is 1. The number of hydrogen-bond acceptors (Lipinski definition) is 2. The van der Waals surface area contributed by atoms with Crippen LogP contribution in [0.15, 0.2) is 22.8 Å². The highest BCUT2D eigenvalue weighted by molar-refractivity contribution is 5.10. The molecule has 1 aliphatic carbocycles. The van der Waals surface area contributed by atoms with E-state index in [0.717, 1.165) is 12.2 Å². The fraction of sp³-hybridized carbons (Fsp3) is 0.667. The van der Waals surface area contributed by atoms with Crippen LogP contribution in [0.1, 0.15) is 33.0 Å². The van der Waals surface area contributed by atoms with Crippen LogP contribution >= 0.6 is 0 Å². The first-order chi connectivity index (χ1) is 6.42. The van der Waals surface area contributed by atoms with E-state index in [-0.39, 0.29) is 0 Å². The van der Waals surface area contributed by atoms with Crippen LogP contribution in [0.25, 0.3) is 0 Å². The molecule has 0 saturated heterocycles. The molecule has 2 nitrogen and oxygen atoms in total. The molecule has 1 aromatic rings. The van der Waals surface area contributed by atoms with Crippen molar-refractivity contribution >= 4 is 0 Å². The average Bonchev–Trinajstić information content (AvgIpc) is 2.50. The minimum absolute atomic E-state index is 0.302. The molecule has 0 aliphatic heterocycles. The molecule has 2 heteroatoms. The average molecular weight is 194 g/mol. The predicted molar refractivity (Wildman–Crippen MR) is 54.9 cm³/mol. The summed E-state index contributed by atoms with van der Waals surface area (Å²) in [5.41, 5.74) is -0.322. The van der Waals surface area contributed by atoms with Gasteiger partial charge in [0.25, 0.3) is 0 Å². The zero-order valence-corrected chi connectivity index (χ0v) is 9.08. The molecular formula is C12H18O2. The van der Waals surface area contributed by atoms with Crippen LogP contribution in [0, 0.1) is 11.3 Å². The predicted octanol–water partition coefficient (Wildman–Crippen LogP) is 2.62. The van der Waals surface area contributed by atoms with Gasteiger partial charge in [0.2, 0.25) is 0 Å². The van der Waals surface area contributed by atoms with Crippen molar-refractivity contribution in [1.82, 2.24) is 0 Å². The van der Waals surface area contributed by atoms with Gasteiger partial charge in [-0.3, -0.25) is 0 Å². The lowest BCUT2D eigenvalue weighted by atomic mass is 9.90. The normalized spacial score (nSPS) is 28.4. The quantitative estimate of drug-likeness (QED) is 0.802. The molecule has 1 aliphatic rings. The van der Waals surface area contributed by atoms with Crippen LogP contribution in [0.3, 0.4) is 0 Å². The van der Waals surface area contributed by atoms with E-state index in [9.17, 15) is 5.11 Å². The van der Waals surface area contributed by atoms with E-state index in [1.54, 1.807) is 6.26 Å². The van der Waals surface area contributed by atoms with E-state index in [1.165, 1.54) is 0 Å². The Balaban J connectivity index is 2.04. The Labute approximate surface area is 84.9 Å². The van der Waals surface area contributed by atoms with Crippen LogP contribution in [0.2, 0.25) is 0 Å². The Kier molecular flexibility index (Phi) is 2.00. The van der Waals surface area contributed by atoms with Gasteiger partial charge in [0.1, 0.15) is 5.76 Å². The fourth-order valence-electron chi connectivity index (χ4n) is 2.42. The van der Waals surface area contributed by atoms with Gasteiger partial charge in [-0.15, -0.1) is 0 Å². The van der Waals surface area contributed by atoms with E-state index in [4.69, 9.17) is 4.42 Å². The number of rotatable bonds is 3. The van der Waals surface area contributed by atoms with Crippen molar-refractivity contribution in [2.75, 3.05) is 0 Å². The van der Waals surface area contributed by atoms with Crippen LogP contribution in [0.5, 0.6) is 0 Å². The molecule has 1 N–H and O–H groups in total. The minimum Gasteiger partial charge on any atom is -0.469 e. The highest BCUT2D eigenvalue weighted by Gasteiger charge is 2.55. The molecule has 1 aromatic heterocycles. The lowest BCUT2D eigenvalue weighted by Crippen LogP contribution is -2.31. The third kappa shape index (κ3) is 1.71. The van der Waals surface area contributed by atoms with Crippen molar-refractivity contribution in [2.45, 2.75) is 39.2 Å². The van der Waals surface area contributed by atoms with Crippen LogP contribution in [-0.2, 0) is 6.42 Å². The molecule has 1 fully saturated rings. The smallest absolute Gasteiger partial charge is 0.106 e. The molecule has 0 bridgehead atoms. The van der Waals surface area contributed by atoms with E-state index >= 15 is 0 Å². The monoisotopic (exact) mass is 194 g/mol. The Morgan fingerprint density at radius 1 is 1.64 bits per heavy atom. The van der Waals surface area contributed by atoms with Crippen molar-refractivity contribution in [3.8, 4) is 0 Å². The molecule has 1 heterocycles. The first-order valence-electron chi connectivity index (χ1n) is 5.17. The van der Waals surface area contributed by atoms with Gasteiger partial charge >= 0.3 is 0 Å². The van der Waals surface area contributed by atoms with Gasteiger partial charge in [0.15, 0.2) is 0 Å². The van der Waals surface area contributed by atoms with Gasteiger partial charge in [0.05, 0.1) is 11.9 Å². The zero-order chi connectivity index (χ0) is 10.4. The fourth-order valence-corrected chi connectivity index (χ4v) is 2.42. The molecule has 0 radical (unpaired) electrons. The topological polar surface area (TPSA) is 33.4 Å². The molecule has 0 aromatic carbocycles. The van der Waals surface area contributed by atoms with Crippen LogP contribution < -0.4 is 0 Å². The second kappa shape index (κ2) is 2.86. The first-order valence-corrected chi connectivity index (χ1v) is 5.17. The summed E-state index contributed by atoms with van der Waals surface area (Å²) < 4.78 is 5.26. The second-order valence-electron chi connectivity index (χ2n) is 5.36. The Morgan fingerprint density at radius 2 is 2.29 bits per heavy atom. The zero-order valence-electron chi connectivity index (χ0n) is 9.08. The molecule has 0 spiro atoms. The van der Waals surface area contributed by atoms with Crippen molar-refractivity contribution in [3.63, 3.8) is 0 Å². The second-order valence-corrected chi connectivity index (χ2v) is 5.36. The lowest BCUT2D eigenvalue weighted by molar-refractivity contribution is 0.0208. The van der Waals surface area contributed by atoms with Gasteiger partial charge in [-0.2, -0.15) is 0 Å². The molecular weight excluding hydrogens is 176 g/mol. The Hall–Kier alpha value is -0.760. The summed E-state index contributed by atoms with van der Waals surface area (Å²) in [6.45, 7) is 6.32. The van der Waals surface area contributed by atoms with E-state index in [0.29, 0.717) is 17.8 Å². The minimum atomic E-state index is -0.624. The molecule has 2 rings (SSSR count). The summed E-state index contributed by atoms with van der Waals surface area (Å²) in [6, 6.07) is 3.79. The summed E-state index contributed by atoms with van der Waals surface area (Å²) in [4.78, 5) is 0. The van der Waals surface area contributed by atoms with Crippen molar-refractivity contribution in [1.29, 1.82) is 0 Å². The van der Waals surface area contributed by atoms with Gasteiger partial charge in [-0.05, 0) is 36.8 Å². The summed E-state index contributed by atoms with van der Waals surface area (Å²) in [6.07, 6.45) is 3.39. The van der Waals surface area contributed by atoms with Gasteiger partial charge in [-0.1, -0.05) is 13.8 Å². The standard InChI is InChI=1S/C12H18O2/c1-11(2)8-10(11)12(3,13)7-9-5-4-6-14-9/h4-6,10,13H,7-8H2,1-3H3. The highest BCUT2D eigenvalue weighted by atomic mass is 16.3. The molecule has 2 unspecified atom stereocenters. The maximum absolute atomic E-state index is 10.3. The molecule has 78 valence electrons. The van der Waals surface area contributed by atoms with E-state index < -0.39 is 5.60 Å². The highest BCUT2D eigenvalue weighted by Crippen LogP contribution is 2.57. The summed E-state index contributed by atoms with van der Waals surface area (Å²) in [7, 11) is 0. The van der Waals surface area contributed by atoms with Gasteiger partial charge in [-0.25, -0.2) is 0 Å². The largest absolute Gasteiger partial charge is 0.469 e. The summed E-state index contributed by atoms with van der Waals surface area (Å²) in [5, 5.41) is 10.3. The summed E-state index contributed by atoms with van der Waals surface area (Å²) >= 11 is 0. The summed E-state index contributed by atoms with van der Waals surface area (Å²) in [5.74, 6) is 1.28. The molecule has 0 amide bonds. The van der Waals surface area contributed by atoms with Crippen molar-refractivity contribution < 1.29 is 9.52 Å². The van der Waals surface area contributed by atoms with Crippen LogP contribution in [0.4, 0.5) is 0 Å². The number of furan rings is 1. The van der Waals surface area contributed by atoms with Crippen molar-refractivity contribution in [2.24, 2.45) is 11.3 Å². The van der Waals surface area contributed by atoms with E-state index in [2.05, 4.69) is 13.8 Å². The van der Waals surface area contributed by atoms with Crippen LogP contribution in [-0.4, -0.2) is 10.7 Å². The molecule has 1 saturated carbocycles. The maximum Gasteiger partial charge on any atom is 0.106 e. The van der Waals surface area contributed by atoms with Gasteiger partial charge < -0.3 is 9.52 Å². The van der Waals surface area contributed by atoms with E-state index in [1.807, 2.05) is 19.1 Å². The SMILES string of the molecule is CC1(C)CC1C(C)(O)Cc1ccco1. The third-order valence-electron chi connectivity index (χ3n) is 3.38. The molecule has 2 atom stereocenters.